The van der Waals surface area contributed by atoms with Crippen LogP contribution in [0.5, 0.6) is 0 Å². The van der Waals surface area contributed by atoms with Gasteiger partial charge in [-0.3, -0.25) is 4.79 Å². The quantitative estimate of drug-likeness (QED) is 0.848. The standard InChI is InChI=1S/C14H16ClNO2/c1-16-11-7-3-4-8(11)12(14(17)18)9-5-2-6-10(15)13(9)16/h2,5-6,8,11-12H,3-4,7H2,1H3,(H,17,18). The summed E-state index contributed by atoms with van der Waals surface area (Å²) in [5.74, 6) is -0.899. The molecule has 0 amide bonds. The highest BCUT2D eigenvalue weighted by molar-refractivity contribution is 6.33. The van der Waals surface area contributed by atoms with Crippen LogP contribution >= 0.6 is 11.6 Å². The molecule has 1 saturated carbocycles. The summed E-state index contributed by atoms with van der Waals surface area (Å²) in [6, 6.07) is 5.91. The zero-order valence-corrected chi connectivity index (χ0v) is 11.0. The topological polar surface area (TPSA) is 40.5 Å². The molecule has 0 spiro atoms. The summed E-state index contributed by atoms with van der Waals surface area (Å²) < 4.78 is 0. The van der Waals surface area contributed by atoms with Crippen molar-refractivity contribution in [2.75, 3.05) is 11.9 Å². The average Bonchev–Trinajstić information content (AvgIpc) is 2.77. The SMILES string of the molecule is CN1c2c(Cl)cccc2C(C(=O)O)C2CCCC21. The lowest BCUT2D eigenvalue weighted by Gasteiger charge is -2.42. The number of aliphatic carboxylic acids is 1. The van der Waals surface area contributed by atoms with Crippen LogP contribution in [0.1, 0.15) is 30.7 Å². The first-order valence-corrected chi connectivity index (χ1v) is 6.73. The molecule has 0 bridgehead atoms. The number of carboxylic acids is 1. The number of nitrogens with zero attached hydrogens (tertiary/aromatic N) is 1. The first kappa shape index (κ1) is 11.8. The third-order valence-electron chi connectivity index (χ3n) is 4.43. The number of fused-ring (bicyclic) bond motifs is 2. The van der Waals surface area contributed by atoms with Crippen molar-refractivity contribution < 1.29 is 9.90 Å². The fraction of sp³-hybridized carbons (Fsp3) is 0.500. The minimum atomic E-state index is -0.719. The van der Waals surface area contributed by atoms with Crippen LogP contribution in [0.15, 0.2) is 18.2 Å². The Morgan fingerprint density at radius 2 is 2.22 bits per heavy atom. The van der Waals surface area contributed by atoms with Crippen LogP contribution in [-0.4, -0.2) is 24.2 Å². The number of para-hydroxylation sites is 1. The van der Waals surface area contributed by atoms with Gasteiger partial charge in [0, 0.05) is 13.1 Å². The fourth-order valence-corrected chi connectivity index (χ4v) is 4.02. The van der Waals surface area contributed by atoms with Crippen molar-refractivity contribution in [3.05, 3.63) is 28.8 Å². The van der Waals surface area contributed by atoms with Crippen LogP contribution < -0.4 is 4.90 Å². The van der Waals surface area contributed by atoms with Crippen LogP contribution in [0.2, 0.25) is 5.02 Å². The molecular weight excluding hydrogens is 250 g/mol. The first-order valence-electron chi connectivity index (χ1n) is 6.35. The van der Waals surface area contributed by atoms with E-state index in [1.54, 1.807) is 0 Å². The van der Waals surface area contributed by atoms with E-state index in [0.717, 1.165) is 30.5 Å². The summed E-state index contributed by atoms with van der Waals surface area (Å²) in [4.78, 5) is 13.8. The summed E-state index contributed by atoms with van der Waals surface area (Å²) in [6.45, 7) is 0. The Balaban J connectivity index is 2.19. The van der Waals surface area contributed by atoms with E-state index in [2.05, 4.69) is 4.90 Å². The van der Waals surface area contributed by atoms with Crippen LogP contribution in [-0.2, 0) is 4.79 Å². The van der Waals surface area contributed by atoms with Gasteiger partial charge in [0.25, 0.3) is 0 Å². The Morgan fingerprint density at radius 3 is 2.94 bits per heavy atom. The molecule has 0 saturated heterocycles. The predicted molar refractivity (Wildman–Crippen MR) is 71.4 cm³/mol. The summed E-state index contributed by atoms with van der Waals surface area (Å²) in [7, 11) is 2.03. The van der Waals surface area contributed by atoms with Crippen LogP contribution in [0, 0.1) is 5.92 Å². The van der Waals surface area contributed by atoms with E-state index in [9.17, 15) is 9.90 Å². The third kappa shape index (κ3) is 1.53. The molecule has 1 fully saturated rings. The van der Waals surface area contributed by atoms with Crippen LogP contribution in [0.3, 0.4) is 0 Å². The van der Waals surface area contributed by atoms with Crippen LogP contribution in [0.4, 0.5) is 5.69 Å². The van der Waals surface area contributed by atoms with Gasteiger partial charge in [0.05, 0.1) is 16.6 Å². The molecule has 1 aliphatic carbocycles. The van der Waals surface area contributed by atoms with Crippen molar-refractivity contribution in [3.63, 3.8) is 0 Å². The van der Waals surface area contributed by atoms with Gasteiger partial charge in [-0.15, -0.1) is 0 Å². The molecule has 96 valence electrons. The van der Waals surface area contributed by atoms with Gasteiger partial charge in [-0.05, 0) is 30.4 Å². The molecule has 3 rings (SSSR count). The normalized spacial score (nSPS) is 29.9. The number of benzene rings is 1. The number of carbonyl (C=O) groups is 1. The number of anilines is 1. The molecule has 0 radical (unpaired) electrons. The maximum atomic E-state index is 11.6. The lowest BCUT2D eigenvalue weighted by atomic mass is 9.78. The lowest BCUT2D eigenvalue weighted by molar-refractivity contribution is -0.140. The molecule has 3 atom stereocenters. The van der Waals surface area contributed by atoms with Gasteiger partial charge in [0.1, 0.15) is 0 Å². The van der Waals surface area contributed by atoms with Gasteiger partial charge in [-0.2, -0.15) is 0 Å². The Bertz CT molecular complexity index is 503. The number of halogens is 1. The minimum absolute atomic E-state index is 0.221. The highest BCUT2D eigenvalue weighted by Gasteiger charge is 2.46. The highest BCUT2D eigenvalue weighted by Crippen LogP contribution is 2.50. The van der Waals surface area contributed by atoms with Gasteiger partial charge in [0.2, 0.25) is 0 Å². The molecule has 3 unspecified atom stereocenters. The number of rotatable bonds is 1. The summed E-state index contributed by atoms with van der Waals surface area (Å²) in [6.07, 6.45) is 3.17. The van der Waals surface area contributed by atoms with Gasteiger partial charge in [-0.1, -0.05) is 30.2 Å². The molecule has 4 heteroatoms. The van der Waals surface area contributed by atoms with Crippen molar-refractivity contribution in [2.45, 2.75) is 31.2 Å². The zero-order chi connectivity index (χ0) is 12.9. The maximum absolute atomic E-state index is 11.6. The number of hydrogen-bond donors (Lipinski definition) is 1. The lowest BCUT2D eigenvalue weighted by Crippen LogP contribution is -2.44. The maximum Gasteiger partial charge on any atom is 0.311 e. The highest BCUT2D eigenvalue weighted by atomic mass is 35.5. The van der Waals surface area contributed by atoms with Crippen LogP contribution in [0.25, 0.3) is 0 Å². The zero-order valence-electron chi connectivity index (χ0n) is 10.3. The van der Waals surface area contributed by atoms with E-state index in [4.69, 9.17) is 11.6 Å². The molecule has 1 N–H and O–H groups in total. The number of carboxylic acid groups (broad SMARTS) is 1. The summed E-state index contributed by atoms with van der Waals surface area (Å²) in [5.41, 5.74) is 1.79. The van der Waals surface area contributed by atoms with E-state index < -0.39 is 11.9 Å². The molecule has 1 heterocycles. The Morgan fingerprint density at radius 1 is 1.44 bits per heavy atom. The van der Waals surface area contributed by atoms with E-state index in [1.807, 2.05) is 25.2 Å². The summed E-state index contributed by atoms with van der Waals surface area (Å²) in [5, 5.41) is 10.2. The second kappa shape index (κ2) is 4.16. The van der Waals surface area contributed by atoms with Crippen molar-refractivity contribution in [3.8, 4) is 0 Å². The molecular formula is C14H16ClNO2. The average molecular weight is 266 g/mol. The molecule has 3 nitrogen and oxygen atoms in total. The fourth-order valence-electron chi connectivity index (χ4n) is 3.71. The van der Waals surface area contributed by atoms with Gasteiger partial charge >= 0.3 is 5.97 Å². The van der Waals surface area contributed by atoms with E-state index in [0.29, 0.717) is 11.1 Å². The van der Waals surface area contributed by atoms with E-state index in [1.165, 1.54) is 0 Å². The van der Waals surface area contributed by atoms with Crippen molar-refractivity contribution in [2.24, 2.45) is 5.92 Å². The predicted octanol–water partition coefficient (Wildman–Crippen LogP) is 3.13. The van der Waals surface area contributed by atoms with Gasteiger partial charge < -0.3 is 10.0 Å². The molecule has 18 heavy (non-hydrogen) atoms. The number of hydrogen-bond acceptors (Lipinski definition) is 2. The smallest absolute Gasteiger partial charge is 0.311 e. The van der Waals surface area contributed by atoms with Gasteiger partial charge in [0.15, 0.2) is 0 Å². The first-order chi connectivity index (χ1) is 8.61. The van der Waals surface area contributed by atoms with E-state index in [-0.39, 0.29) is 5.92 Å². The Kier molecular flexibility index (Phi) is 2.74. The summed E-state index contributed by atoms with van der Waals surface area (Å²) >= 11 is 6.26. The van der Waals surface area contributed by atoms with Gasteiger partial charge in [-0.25, -0.2) is 0 Å². The second-order valence-corrected chi connectivity index (χ2v) is 5.67. The molecule has 0 aromatic heterocycles. The van der Waals surface area contributed by atoms with Crippen molar-refractivity contribution in [1.29, 1.82) is 0 Å². The monoisotopic (exact) mass is 265 g/mol. The Labute approximate surface area is 111 Å². The molecule has 1 aromatic rings. The van der Waals surface area contributed by atoms with Crippen molar-refractivity contribution in [1.82, 2.24) is 0 Å². The molecule has 1 aromatic carbocycles. The molecule has 2 aliphatic rings. The van der Waals surface area contributed by atoms with E-state index >= 15 is 0 Å². The minimum Gasteiger partial charge on any atom is -0.481 e. The second-order valence-electron chi connectivity index (χ2n) is 5.27. The van der Waals surface area contributed by atoms with Crippen molar-refractivity contribution >= 4 is 23.3 Å². The molecule has 1 aliphatic heterocycles. The Hall–Kier alpha value is -1.22. The third-order valence-corrected chi connectivity index (χ3v) is 4.73. The largest absolute Gasteiger partial charge is 0.481 e.